The molecule has 1 aromatic rings. The minimum absolute atomic E-state index is 0.0901. The smallest absolute Gasteiger partial charge is 0.303 e. The van der Waals surface area contributed by atoms with Crippen LogP contribution in [-0.2, 0) is 4.79 Å². The quantitative estimate of drug-likeness (QED) is 0.724. The zero-order valence-corrected chi connectivity index (χ0v) is 10.4. The summed E-state index contributed by atoms with van der Waals surface area (Å²) in [5.74, 6) is -1.90. The number of hydrogen-bond acceptors (Lipinski definition) is 3. The largest absolute Gasteiger partial charge is 0.481 e. The van der Waals surface area contributed by atoms with Gasteiger partial charge in [0.1, 0.15) is 0 Å². The van der Waals surface area contributed by atoms with Crippen LogP contribution in [0.1, 0.15) is 16.8 Å². The number of rotatable bonds is 6. The molecule has 0 aromatic heterocycles. The molecule has 18 heavy (non-hydrogen) atoms. The molecule has 5 nitrogen and oxygen atoms in total. The van der Waals surface area contributed by atoms with Gasteiger partial charge in [-0.25, -0.2) is 0 Å². The highest BCUT2D eigenvalue weighted by atomic mass is 35.5. The molecule has 0 bridgehead atoms. The van der Waals surface area contributed by atoms with Crippen molar-refractivity contribution < 1.29 is 19.8 Å². The first-order chi connectivity index (χ1) is 8.54. The molecule has 0 saturated heterocycles. The standard InChI is InChI=1S/C12H14ClNO4/c13-10-4-2-1-3-9(10)12(18)14-6-8(7-15)5-11(16)17/h1-4,8,15H,5-7H2,(H,14,18)(H,16,17). The van der Waals surface area contributed by atoms with Gasteiger partial charge in [0.05, 0.1) is 17.0 Å². The number of carbonyl (C=O) groups excluding carboxylic acids is 1. The van der Waals surface area contributed by atoms with E-state index in [9.17, 15) is 9.59 Å². The van der Waals surface area contributed by atoms with Gasteiger partial charge in [0.25, 0.3) is 5.91 Å². The van der Waals surface area contributed by atoms with Gasteiger partial charge in [-0.05, 0) is 12.1 Å². The van der Waals surface area contributed by atoms with Gasteiger partial charge >= 0.3 is 5.97 Å². The average molecular weight is 272 g/mol. The van der Waals surface area contributed by atoms with Crippen molar-refractivity contribution in [1.82, 2.24) is 5.32 Å². The van der Waals surface area contributed by atoms with Gasteiger partial charge < -0.3 is 15.5 Å². The Morgan fingerprint density at radius 1 is 1.33 bits per heavy atom. The average Bonchev–Trinajstić information content (AvgIpc) is 2.34. The second-order valence-electron chi connectivity index (χ2n) is 3.84. The lowest BCUT2D eigenvalue weighted by atomic mass is 10.1. The van der Waals surface area contributed by atoms with Crippen molar-refractivity contribution in [3.63, 3.8) is 0 Å². The molecule has 1 atom stereocenters. The fraction of sp³-hybridized carbons (Fsp3) is 0.333. The van der Waals surface area contributed by atoms with Gasteiger partial charge in [0.2, 0.25) is 0 Å². The van der Waals surface area contributed by atoms with Crippen molar-refractivity contribution in [3.05, 3.63) is 34.9 Å². The maximum atomic E-state index is 11.7. The zero-order valence-electron chi connectivity index (χ0n) is 9.60. The molecule has 1 amide bonds. The fourth-order valence-electron chi connectivity index (χ4n) is 1.43. The molecule has 0 heterocycles. The highest BCUT2D eigenvalue weighted by Gasteiger charge is 2.15. The van der Waals surface area contributed by atoms with Gasteiger partial charge in [-0.15, -0.1) is 0 Å². The molecular weight excluding hydrogens is 258 g/mol. The van der Waals surface area contributed by atoms with E-state index in [1.54, 1.807) is 24.3 Å². The number of aliphatic carboxylic acids is 1. The molecule has 0 spiro atoms. The third-order valence-electron chi connectivity index (χ3n) is 2.39. The van der Waals surface area contributed by atoms with Gasteiger partial charge in [0, 0.05) is 19.1 Å². The van der Waals surface area contributed by atoms with Crippen molar-refractivity contribution in [3.8, 4) is 0 Å². The first kappa shape index (κ1) is 14.5. The lowest BCUT2D eigenvalue weighted by Crippen LogP contribution is -2.32. The van der Waals surface area contributed by atoms with E-state index >= 15 is 0 Å². The molecule has 1 rings (SSSR count). The number of benzene rings is 1. The lowest BCUT2D eigenvalue weighted by molar-refractivity contribution is -0.138. The summed E-state index contributed by atoms with van der Waals surface area (Å²) in [5.41, 5.74) is 0.325. The Morgan fingerprint density at radius 2 is 2.00 bits per heavy atom. The van der Waals surface area contributed by atoms with E-state index in [4.69, 9.17) is 21.8 Å². The maximum Gasteiger partial charge on any atom is 0.303 e. The minimum atomic E-state index is -1.01. The molecule has 0 saturated carbocycles. The van der Waals surface area contributed by atoms with Crippen molar-refractivity contribution in [2.45, 2.75) is 6.42 Å². The number of aliphatic hydroxyl groups is 1. The number of nitrogens with one attached hydrogen (secondary N) is 1. The van der Waals surface area contributed by atoms with E-state index in [1.807, 2.05) is 0 Å². The first-order valence-corrected chi connectivity index (χ1v) is 5.77. The topological polar surface area (TPSA) is 86.6 Å². The molecule has 0 aliphatic carbocycles. The van der Waals surface area contributed by atoms with Crippen LogP contribution in [0.3, 0.4) is 0 Å². The summed E-state index contributed by atoms with van der Waals surface area (Å²) in [6.45, 7) is -0.206. The van der Waals surface area contributed by atoms with Crippen LogP contribution < -0.4 is 5.32 Å². The molecule has 3 N–H and O–H groups in total. The number of amides is 1. The van der Waals surface area contributed by atoms with Crippen LogP contribution in [0.5, 0.6) is 0 Å². The second-order valence-corrected chi connectivity index (χ2v) is 4.24. The Balaban J connectivity index is 2.55. The second kappa shape index (κ2) is 6.98. The molecule has 0 fully saturated rings. The predicted molar refractivity (Wildman–Crippen MR) is 66.6 cm³/mol. The Morgan fingerprint density at radius 3 is 2.56 bits per heavy atom. The van der Waals surface area contributed by atoms with Crippen molar-refractivity contribution in [2.75, 3.05) is 13.2 Å². The van der Waals surface area contributed by atoms with Crippen LogP contribution in [0.4, 0.5) is 0 Å². The number of carboxylic acid groups (broad SMARTS) is 1. The molecule has 0 aliphatic rings. The summed E-state index contributed by atoms with van der Waals surface area (Å²) in [6, 6.07) is 6.56. The van der Waals surface area contributed by atoms with Crippen molar-refractivity contribution in [1.29, 1.82) is 0 Å². The van der Waals surface area contributed by atoms with E-state index in [0.717, 1.165) is 0 Å². The van der Waals surface area contributed by atoms with E-state index in [0.29, 0.717) is 10.6 Å². The Kier molecular flexibility index (Phi) is 5.61. The van der Waals surface area contributed by atoms with Crippen LogP contribution in [0.25, 0.3) is 0 Å². The third-order valence-corrected chi connectivity index (χ3v) is 2.72. The summed E-state index contributed by atoms with van der Waals surface area (Å²) < 4.78 is 0. The van der Waals surface area contributed by atoms with Gasteiger partial charge in [0.15, 0.2) is 0 Å². The van der Waals surface area contributed by atoms with Crippen LogP contribution in [0.15, 0.2) is 24.3 Å². The minimum Gasteiger partial charge on any atom is -0.481 e. The third kappa shape index (κ3) is 4.35. The Labute approximate surface area is 109 Å². The predicted octanol–water partition coefficient (Wildman–Crippen LogP) is 1.15. The summed E-state index contributed by atoms with van der Waals surface area (Å²) in [6.07, 6.45) is -0.195. The van der Waals surface area contributed by atoms with Gasteiger partial charge in [-0.1, -0.05) is 23.7 Å². The van der Waals surface area contributed by atoms with Crippen molar-refractivity contribution >= 4 is 23.5 Å². The zero-order chi connectivity index (χ0) is 13.5. The number of aliphatic hydroxyl groups excluding tert-OH is 1. The molecule has 0 radical (unpaired) electrons. The normalized spacial score (nSPS) is 11.9. The number of hydrogen-bond donors (Lipinski definition) is 3. The Hall–Kier alpha value is -1.59. The van der Waals surface area contributed by atoms with Crippen LogP contribution >= 0.6 is 11.6 Å². The number of halogens is 1. The summed E-state index contributed by atoms with van der Waals surface area (Å²) in [5, 5.41) is 20.4. The number of carboxylic acids is 1. The molecule has 98 valence electrons. The molecule has 6 heteroatoms. The van der Waals surface area contributed by atoms with E-state index in [1.165, 1.54) is 0 Å². The van der Waals surface area contributed by atoms with Crippen LogP contribution in [0, 0.1) is 5.92 Å². The van der Waals surface area contributed by atoms with E-state index in [-0.39, 0.29) is 25.5 Å². The summed E-state index contributed by atoms with van der Waals surface area (Å²) in [7, 11) is 0. The van der Waals surface area contributed by atoms with Gasteiger partial charge in [-0.2, -0.15) is 0 Å². The molecule has 1 aromatic carbocycles. The SMILES string of the molecule is O=C(O)CC(CO)CNC(=O)c1ccccc1Cl. The number of carbonyl (C=O) groups is 2. The summed E-state index contributed by atoms with van der Waals surface area (Å²) in [4.78, 5) is 22.2. The highest BCUT2D eigenvalue weighted by molar-refractivity contribution is 6.33. The lowest BCUT2D eigenvalue weighted by Gasteiger charge is -2.13. The monoisotopic (exact) mass is 271 g/mol. The van der Waals surface area contributed by atoms with E-state index in [2.05, 4.69) is 5.32 Å². The first-order valence-electron chi connectivity index (χ1n) is 5.40. The van der Waals surface area contributed by atoms with Crippen molar-refractivity contribution in [2.24, 2.45) is 5.92 Å². The van der Waals surface area contributed by atoms with Crippen LogP contribution in [-0.4, -0.2) is 35.2 Å². The fourth-order valence-corrected chi connectivity index (χ4v) is 1.65. The molecular formula is C12H14ClNO4. The molecule has 0 aliphatic heterocycles. The Bertz CT molecular complexity index is 436. The van der Waals surface area contributed by atoms with Crippen LogP contribution in [0.2, 0.25) is 5.02 Å². The van der Waals surface area contributed by atoms with Gasteiger partial charge in [-0.3, -0.25) is 9.59 Å². The summed E-state index contributed by atoms with van der Waals surface area (Å²) >= 11 is 5.85. The highest BCUT2D eigenvalue weighted by Crippen LogP contribution is 2.14. The molecule has 1 unspecified atom stereocenters. The van der Waals surface area contributed by atoms with E-state index < -0.39 is 11.9 Å². The maximum absolute atomic E-state index is 11.7.